The van der Waals surface area contributed by atoms with E-state index in [1.165, 1.54) is 55.8 Å². The maximum atomic E-state index is 12.8. The molecule has 0 N–H and O–H groups in total. The molecule has 0 amide bonds. The van der Waals surface area contributed by atoms with Crippen LogP contribution in [0.15, 0.2) is 82.2 Å². The number of fused-ring (bicyclic) bond motifs is 1. The highest BCUT2D eigenvalue weighted by Crippen LogP contribution is 2.25. The van der Waals surface area contributed by atoms with Gasteiger partial charge in [-0.25, -0.2) is 9.59 Å². The third-order valence-electron chi connectivity index (χ3n) is 4.52. The molecule has 0 aliphatic carbocycles. The van der Waals surface area contributed by atoms with Gasteiger partial charge in [-0.3, -0.25) is 4.79 Å². The Kier molecular flexibility index (Phi) is 5.91. The van der Waals surface area contributed by atoms with Gasteiger partial charge < -0.3 is 18.6 Å². The summed E-state index contributed by atoms with van der Waals surface area (Å²) in [6.07, 6.45) is 1.17. The van der Waals surface area contributed by atoms with Crippen LogP contribution in [0.5, 0.6) is 17.2 Å². The molecule has 0 radical (unpaired) electrons. The third-order valence-corrected chi connectivity index (χ3v) is 4.85. The number of carbonyl (C=O) groups excluding carboxylic acids is 2. The van der Waals surface area contributed by atoms with Crippen molar-refractivity contribution >= 4 is 34.5 Å². The predicted octanol–water partition coefficient (Wildman–Crippen LogP) is 5.24. The van der Waals surface area contributed by atoms with Crippen molar-refractivity contribution in [2.45, 2.75) is 0 Å². The number of carbonyl (C=O) groups is 2. The molecule has 0 aliphatic heterocycles. The van der Waals surface area contributed by atoms with Crippen molar-refractivity contribution in [2.24, 2.45) is 0 Å². The number of rotatable bonds is 5. The van der Waals surface area contributed by atoms with Crippen LogP contribution in [0.2, 0.25) is 5.02 Å². The van der Waals surface area contributed by atoms with Gasteiger partial charge >= 0.3 is 11.9 Å². The molecule has 0 bridgehead atoms. The monoisotopic (exact) mass is 450 g/mol. The quantitative estimate of drug-likeness (QED) is 0.303. The molecule has 32 heavy (non-hydrogen) atoms. The zero-order valence-corrected chi connectivity index (χ0v) is 17.4. The van der Waals surface area contributed by atoms with Crippen molar-refractivity contribution in [3.05, 3.63) is 99.4 Å². The minimum atomic E-state index is -0.632. The second-order valence-corrected chi connectivity index (χ2v) is 6.98. The zero-order valence-electron chi connectivity index (χ0n) is 16.7. The minimum absolute atomic E-state index is 0.0378. The fraction of sp³-hybridized carbons (Fsp3) is 0.0417. The predicted molar refractivity (Wildman–Crippen MR) is 117 cm³/mol. The number of esters is 2. The van der Waals surface area contributed by atoms with Crippen molar-refractivity contribution in [1.29, 1.82) is 0 Å². The Morgan fingerprint density at radius 3 is 2.34 bits per heavy atom. The Labute approximate surface area is 186 Å². The van der Waals surface area contributed by atoms with Crippen LogP contribution in [-0.4, -0.2) is 19.0 Å². The molecule has 4 aromatic rings. The summed E-state index contributed by atoms with van der Waals surface area (Å²) in [4.78, 5) is 36.6. The van der Waals surface area contributed by atoms with Crippen LogP contribution in [0, 0.1) is 0 Å². The van der Waals surface area contributed by atoms with Crippen molar-refractivity contribution in [3.8, 4) is 17.2 Å². The van der Waals surface area contributed by atoms with Crippen LogP contribution in [0.3, 0.4) is 0 Å². The summed E-state index contributed by atoms with van der Waals surface area (Å²) in [7, 11) is 1.29. The minimum Gasteiger partial charge on any atom is -0.465 e. The van der Waals surface area contributed by atoms with E-state index < -0.39 is 17.4 Å². The molecule has 4 rings (SSSR count). The molecule has 0 atom stereocenters. The highest BCUT2D eigenvalue weighted by atomic mass is 35.5. The lowest BCUT2D eigenvalue weighted by Gasteiger charge is -2.08. The summed E-state index contributed by atoms with van der Waals surface area (Å²) in [5.74, 6) is -0.614. The number of methoxy groups -OCH3 is 1. The van der Waals surface area contributed by atoms with E-state index in [0.29, 0.717) is 11.3 Å². The lowest BCUT2D eigenvalue weighted by molar-refractivity contribution is 0.0600. The van der Waals surface area contributed by atoms with Crippen molar-refractivity contribution < 1.29 is 28.2 Å². The van der Waals surface area contributed by atoms with Gasteiger partial charge in [-0.05, 0) is 48.5 Å². The molecule has 1 heterocycles. The number of halogens is 1. The molecule has 0 spiro atoms. The van der Waals surface area contributed by atoms with Crippen LogP contribution < -0.4 is 14.9 Å². The number of benzene rings is 3. The first kappa shape index (κ1) is 21.1. The Morgan fingerprint density at radius 2 is 1.62 bits per heavy atom. The number of hydrogen-bond donors (Lipinski definition) is 0. The van der Waals surface area contributed by atoms with Crippen molar-refractivity contribution in [2.75, 3.05) is 7.11 Å². The fourth-order valence-corrected chi connectivity index (χ4v) is 3.13. The van der Waals surface area contributed by atoms with Gasteiger partial charge in [0.1, 0.15) is 23.3 Å². The van der Waals surface area contributed by atoms with E-state index in [1.54, 1.807) is 24.3 Å². The Hall–Kier alpha value is -4.10. The summed E-state index contributed by atoms with van der Waals surface area (Å²) in [6.45, 7) is 0. The van der Waals surface area contributed by atoms with Gasteiger partial charge in [0.15, 0.2) is 0 Å². The van der Waals surface area contributed by atoms with Gasteiger partial charge in [0.25, 0.3) is 0 Å². The molecular formula is C24H15ClO7. The number of hydrogen-bond acceptors (Lipinski definition) is 7. The fourth-order valence-electron chi connectivity index (χ4n) is 2.92. The van der Waals surface area contributed by atoms with Gasteiger partial charge in [0.05, 0.1) is 28.6 Å². The Balaban J connectivity index is 1.56. The Bertz CT molecular complexity index is 1370. The van der Waals surface area contributed by atoms with Gasteiger partial charge in [-0.2, -0.15) is 0 Å². The first-order valence-electron chi connectivity index (χ1n) is 9.35. The average Bonchev–Trinajstić information content (AvgIpc) is 2.81. The van der Waals surface area contributed by atoms with E-state index in [9.17, 15) is 14.4 Å². The largest absolute Gasteiger partial charge is 0.465 e. The third kappa shape index (κ3) is 4.33. The molecule has 1 aromatic heterocycles. The maximum Gasteiger partial charge on any atom is 0.345 e. The summed E-state index contributed by atoms with van der Waals surface area (Å²) < 4.78 is 21.1. The smallest absolute Gasteiger partial charge is 0.345 e. The molecular weight excluding hydrogens is 436 g/mol. The van der Waals surface area contributed by atoms with E-state index in [0.717, 1.165) is 0 Å². The molecule has 160 valence electrons. The molecule has 7 nitrogen and oxygen atoms in total. The summed E-state index contributed by atoms with van der Waals surface area (Å²) >= 11 is 6.02. The lowest BCUT2D eigenvalue weighted by Crippen LogP contribution is -2.09. The second-order valence-electron chi connectivity index (χ2n) is 6.57. The molecule has 0 saturated heterocycles. The lowest BCUT2D eigenvalue weighted by atomic mass is 10.2. The maximum absolute atomic E-state index is 12.8. The zero-order chi connectivity index (χ0) is 22.7. The van der Waals surface area contributed by atoms with Crippen LogP contribution in [0.4, 0.5) is 0 Å². The van der Waals surface area contributed by atoms with Crippen molar-refractivity contribution in [3.63, 3.8) is 0 Å². The van der Waals surface area contributed by atoms with Gasteiger partial charge in [-0.15, -0.1) is 0 Å². The van der Waals surface area contributed by atoms with Gasteiger partial charge in [-0.1, -0.05) is 23.7 Å². The Morgan fingerprint density at radius 1 is 0.906 bits per heavy atom. The molecule has 0 aliphatic rings. The van der Waals surface area contributed by atoms with Crippen LogP contribution in [0.25, 0.3) is 11.0 Å². The summed E-state index contributed by atoms with van der Waals surface area (Å²) in [5.41, 5.74) is 0.377. The molecule has 0 fully saturated rings. The first-order chi connectivity index (χ1) is 15.5. The van der Waals surface area contributed by atoms with Crippen LogP contribution in [0.1, 0.15) is 20.7 Å². The standard InChI is InChI=1S/C24H15ClO7/c1-29-23(27)14-6-8-15(9-7-14)31-21-13-30-20-12-16(10-11-18(20)22(21)26)32-24(28)17-4-2-3-5-19(17)25/h2-13H,1H3. The average molecular weight is 451 g/mol. The normalized spacial score (nSPS) is 10.6. The molecule has 0 unspecified atom stereocenters. The number of ether oxygens (including phenoxy) is 3. The van der Waals surface area contributed by atoms with E-state index in [2.05, 4.69) is 4.74 Å². The van der Waals surface area contributed by atoms with Crippen LogP contribution >= 0.6 is 11.6 Å². The second kappa shape index (κ2) is 8.95. The molecule has 3 aromatic carbocycles. The topological polar surface area (TPSA) is 92.0 Å². The van der Waals surface area contributed by atoms with Crippen molar-refractivity contribution in [1.82, 2.24) is 0 Å². The summed E-state index contributed by atoms with van der Waals surface area (Å²) in [5, 5.41) is 0.512. The summed E-state index contributed by atoms with van der Waals surface area (Å²) in [6, 6.07) is 17.0. The van der Waals surface area contributed by atoms with E-state index >= 15 is 0 Å². The molecule has 8 heteroatoms. The first-order valence-corrected chi connectivity index (χ1v) is 9.72. The highest BCUT2D eigenvalue weighted by Gasteiger charge is 2.15. The SMILES string of the molecule is COC(=O)c1ccc(Oc2coc3cc(OC(=O)c4ccccc4Cl)ccc3c2=O)cc1. The molecule has 0 saturated carbocycles. The van der Waals surface area contributed by atoms with Gasteiger partial charge in [0.2, 0.25) is 11.2 Å². The van der Waals surface area contributed by atoms with E-state index in [-0.39, 0.29) is 33.1 Å². The van der Waals surface area contributed by atoms with Gasteiger partial charge in [0, 0.05) is 6.07 Å². The van der Waals surface area contributed by atoms with E-state index in [1.807, 2.05) is 0 Å². The van der Waals surface area contributed by atoms with Crippen LogP contribution in [-0.2, 0) is 4.74 Å². The van der Waals surface area contributed by atoms with E-state index in [4.69, 9.17) is 25.5 Å². The highest BCUT2D eigenvalue weighted by molar-refractivity contribution is 6.33.